The molecule has 10 aromatic heterocycles. The van der Waals surface area contributed by atoms with Crippen LogP contribution in [-0.4, -0.2) is 205 Å². The van der Waals surface area contributed by atoms with Gasteiger partial charge in [-0.1, -0.05) is 109 Å². The van der Waals surface area contributed by atoms with Gasteiger partial charge in [0.1, 0.15) is 62.0 Å². The van der Waals surface area contributed by atoms with E-state index in [1.54, 1.807) is 83.4 Å². The molecule has 0 fully saturated rings. The van der Waals surface area contributed by atoms with E-state index in [-0.39, 0.29) is 110 Å². The van der Waals surface area contributed by atoms with Gasteiger partial charge in [-0.3, -0.25) is 81.0 Å². The third kappa shape index (κ3) is 18.5. The lowest BCUT2D eigenvalue weighted by molar-refractivity contribution is 0.0992. The first kappa shape index (κ1) is 92.9. The number of aromatic nitrogens is 12. The maximum atomic E-state index is 14.0. The Balaban J connectivity index is 0.000000111. The van der Waals surface area contributed by atoms with Crippen LogP contribution in [0.1, 0.15) is 101 Å². The Morgan fingerprint density at radius 3 is 1.08 bits per heavy atom. The zero-order valence-corrected chi connectivity index (χ0v) is 76.5. The maximum absolute atomic E-state index is 14.0. The molecule has 0 saturated heterocycles. The van der Waals surface area contributed by atoms with E-state index >= 15 is 0 Å². The van der Waals surface area contributed by atoms with Gasteiger partial charge in [0, 0.05) is 194 Å². The van der Waals surface area contributed by atoms with Gasteiger partial charge >= 0.3 is 0 Å². The number of halogens is 4. The van der Waals surface area contributed by atoms with Gasteiger partial charge in [0.05, 0.1) is 112 Å². The van der Waals surface area contributed by atoms with Crippen molar-refractivity contribution in [1.82, 2.24) is 57.1 Å². The summed E-state index contributed by atoms with van der Waals surface area (Å²) in [7, 11) is 3.66. The summed E-state index contributed by atoms with van der Waals surface area (Å²) < 4.78 is 38.0. The van der Waals surface area contributed by atoms with Crippen LogP contribution >= 0.6 is 23.2 Å². The van der Waals surface area contributed by atoms with Gasteiger partial charge in [-0.05, 0) is 115 Å². The van der Waals surface area contributed by atoms with Crippen LogP contribution in [0.25, 0.3) is 106 Å². The van der Waals surface area contributed by atoms with Crippen molar-refractivity contribution in [3.05, 3.63) is 349 Å². The third-order valence-corrected chi connectivity index (χ3v) is 24.8. The van der Waals surface area contributed by atoms with Crippen LogP contribution in [0.15, 0.2) is 274 Å². The molecule has 35 heteroatoms. The standard InChI is InChI=1S/C20H18N4O.C18H16N4O.C17H12ClFN4O.C17H13ClN4O.C17H13FN4O.C15H13N5O/c1-24-20(13-5-3-2-4-6-13)17(11-23-24)14-7-8-15-16(9-14)18(10-21)22-12-19(15)25;1-11-4-5-22-16(9-21-18(22)6-11)12-2-3-13-14(7-12)15(8-19)20-10-17(13)23;18-10-4-13(19)17-22-6-15(23(17)8-10)9-1-2-11-12(3-9)14(5-20)21-7-16(11)24;2*18-11-3-4-22-15(8-21-17(22)6-11)10-1-2-12-13(5-10)14(7-19)20-9-16(12)23;1-17-15-12(7-19-20(15)2)9-3-4-10-11(5-9)13(6-16)18-8-14(10)21/h2-9,11H,10,12,21H2,1H3;2-7,9H,8,10,19H2,1H3;1-4,6,8H,5,7,20H2;2*1-6,8H,7,9,19H2;3-5,7H,6,8,16H2,2H3. The number of ketones is 6. The van der Waals surface area contributed by atoms with Crippen molar-refractivity contribution in [2.45, 2.75) is 6.92 Å². The number of aryl methyl sites for hydroxylation is 3. The topological polar surface area (TPSA) is 442 Å². The number of imidazole rings is 4. The molecule has 31 nitrogen and oxygen atoms in total. The lowest BCUT2D eigenvalue weighted by Gasteiger charge is -2.16. The zero-order chi connectivity index (χ0) is 97.1. The van der Waals surface area contributed by atoms with Crippen LogP contribution < -0.4 is 34.4 Å². The van der Waals surface area contributed by atoms with Crippen LogP contribution in [-0.2, 0) is 14.1 Å². The largest absolute Gasteiger partial charge is 0.362 e. The molecule has 0 unspecified atom stereocenters. The van der Waals surface area contributed by atoms with E-state index in [0.29, 0.717) is 86.5 Å². The summed E-state index contributed by atoms with van der Waals surface area (Å²) in [6.45, 7) is 12.0. The van der Waals surface area contributed by atoms with Crippen LogP contribution in [0.5, 0.6) is 0 Å². The average Bonchev–Trinajstić information content (AvgIpc) is 1.50. The first-order chi connectivity index (χ1) is 67.4. The number of rotatable bonds is 13. The first-order valence-electron chi connectivity index (χ1n) is 43.9. The highest BCUT2D eigenvalue weighted by Crippen LogP contribution is 2.38. The maximum Gasteiger partial charge on any atom is 0.259 e. The molecule has 0 saturated carbocycles. The van der Waals surface area contributed by atoms with Crippen molar-refractivity contribution >= 4 is 121 Å². The fourth-order valence-corrected chi connectivity index (χ4v) is 17.8. The quantitative estimate of drug-likeness (QED) is 0.0584. The van der Waals surface area contributed by atoms with Gasteiger partial charge in [-0.2, -0.15) is 5.10 Å². The molecule has 0 spiro atoms. The van der Waals surface area contributed by atoms with Crippen molar-refractivity contribution in [2.75, 3.05) is 78.5 Å². The molecule has 139 heavy (non-hydrogen) atoms. The number of hydrogen-bond acceptors (Lipinski definition) is 24. The number of pyridine rings is 4. The summed E-state index contributed by atoms with van der Waals surface area (Å²) >= 11 is 12.0. The van der Waals surface area contributed by atoms with Gasteiger partial charge in [0.2, 0.25) is 0 Å². The summed E-state index contributed by atoms with van der Waals surface area (Å²) in [5.74, 6) is -0.327. The smallest absolute Gasteiger partial charge is 0.259 e. The second kappa shape index (κ2) is 39.8. The van der Waals surface area contributed by atoms with Gasteiger partial charge in [0.25, 0.3) is 5.82 Å². The molecule has 23 rings (SSSR count). The van der Waals surface area contributed by atoms with Crippen molar-refractivity contribution in [2.24, 2.45) is 78.5 Å². The van der Waals surface area contributed by atoms with Gasteiger partial charge in [0.15, 0.2) is 46.2 Å². The second-order valence-corrected chi connectivity index (χ2v) is 33.6. The van der Waals surface area contributed by atoms with Crippen LogP contribution in [0.3, 0.4) is 0 Å². The minimum Gasteiger partial charge on any atom is -0.362 e. The Kier molecular flexibility index (Phi) is 26.6. The molecular formula is C104H85Cl2F2N25O6. The van der Waals surface area contributed by atoms with Crippen LogP contribution in [0, 0.1) is 25.1 Å². The number of fused-ring (bicyclic) bond motifs is 10. The molecule has 6 aliphatic rings. The number of nitrogens with zero attached hydrogens (tertiary/aromatic N) is 19. The Hall–Kier alpha value is -16.6. The van der Waals surface area contributed by atoms with E-state index in [4.69, 9.17) is 64.2 Å². The molecule has 0 aliphatic carbocycles. The fourth-order valence-electron chi connectivity index (χ4n) is 17.4. The number of nitrogens with two attached hydrogens (primary N) is 6. The summed E-state index contributed by atoms with van der Waals surface area (Å²) in [5.41, 5.74) is 64.0. The minimum atomic E-state index is -0.494. The molecule has 0 amide bonds. The Labute approximate surface area is 802 Å². The fraction of sp³-hybridized carbons (Fsp3) is 0.144. The van der Waals surface area contributed by atoms with E-state index in [1.807, 2.05) is 174 Å². The Morgan fingerprint density at radius 2 is 0.676 bits per heavy atom. The van der Waals surface area contributed by atoms with Crippen LogP contribution in [0.2, 0.25) is 10.0 Å². The average molecular weight is 1890 g/mol. The minimum absolute atomic E-state index is 0.00895. The van der Waals surface area contributed by atoms with E-state index in [2.05, 4.69) is 77.1 Å². The van der Waals surface area contributed by atoms with Gasteiger partial charge < -0.3 is 39.2 Å². The monoisotopic (exact) mass is 1890 g/mol. The van der Waals surface area contributed by atoms with E-state index in [9.17, 15) is 37.5 Å². The Morgan fingerprint density at radius 1 is 0.338 bits per heavy atom. The van der Waals surface area contributed by atoms with Crippen molar-refractivity contribution in [3.63, 3.8) is 0 Å². The lowest BCUT2D eigenvalue weighted by Crippen LogP contribution is -2.25. The van der Waals surface area contributed by atoms with E-state index < -0.39 is 5.82 Å². The molecule has 7 aromatic carbocycles. The molecule has 6 aliphatic heterocycles. The number of carbonyl (C=O) groups excluding carboxylic acids is 6. The van der Waals surface area contributed by atoms with Gasteiger partial charge in [-0.15, -0.1) is 5.10 Å². The first-order valence-corrected chi connectivity index (χ1v) is 44.7. The highest BCUT2D eigenvalue weighted by Gasteiger charge is 2.30. The molecule has 12 N–H and O–H groups in total. The van der Waals surface area contributed by atoms with Crippen LogP contribution in [0.4, 0.5) is 14.6 Å². The third-order valence-electron chi connectivity index (χ3n) is 24.4. The van der Waals surface area contributed by atoms with Crippen molar-refractivity contribution < 1.29 is 37.5 Å². The lowest BCUT2D eigenvalue weighted by atomic mass is 9.92. The summed E-state index contributed by atoms with van der Waals surface area (Å²) in [5, 5.41) is 9.46. The molecule has 17 aromatic rings. The normalized spacial score (nSPS) is 13.8. The summed E-state index contributed by atoms with van der Waals surface area (Å²) in [4.78, 5) is 118. The predicted octanol–water partition coefficient (Wildman–Crippen LogP) is 14.0. The highest BCUT2D eigenvalue weighted by atomic mass is 35.5. The molecule has 0 bridgehead atoms. The number of carbonyl (C=O) groups is 6. The number of hydrogen-bond donors (Lipinski definition) is 6. The zero-order valence-electron chi connectivity index (χ0n) is 75.0. The second-order valence-electron chi connectivity index (χ2n) is 32.8. The molecular weight excluding hydrogens is 1800 g/mol. The predicted molar refractivity (Wildman–Crippen MR) is 535 cm³/mol. The summed E-state index contributed by atoms with van der Waals surface area (Å²) in [6, 6.07) is 55.6. The number of Topliss-reactive ketones (excluding diaryl/α,β-unsaturated/α-hetero) is 6. The molecule has 0 atom stereocenters. The SMILES string of the molecule is Cc1ccn2c(-c3ccc4c(c3)C(CN)=NCC4=O)cnc2c1.Cn1ncc(-c2ccc3c(c2)C(CN)=NCC3=O)c1-c1ccccc1.NCC1=NCC(=O)c2ccc(-c3cnc4c(F)cc(Cl)cn34)cc21.NCC1=NCC(=O)c2ccc(-c3cnc4cc(Cl)ccn34)cc21.NCC1=NCC(=O)c2ccc(-c3cnc4cc(F)ccn34)cc21.[C-]#[N+]c1c(-c2ccc3c(c2)C(CN)=NCC3=O)cnn1C. The number of aliphatic imine (C=N–C) groups is 6. The van der Waals surface area contributed by atoms with Crippen molar-refractivity contribution in [1.29, 1.82) is 0 Å². The molecule has 690 valence electrons. The van der Waals surface area contributed by atoms with Crippen molar-refractivity contribution in [3.8, 4) is 78.5 Å². The highest BCUT2D eigenvalue weighted by molar-refractivity contribution is 6.31. The summed E-state index contributed by atoms with van der Waals surface area (Å²) in [6.07, 6.45) is 17.5. The number of benzene rings is 7. The van der Waals surface area contributed by atoms with E-state index in [1.165, 1.54) is 28.4 Å². The molecule has 16 heterocycles. The van der Waals surface area contributed by atoms with E-state index in [0.717, 1.165) is 141 Å². The Bertz CT molecular complexity index is 7810. The van der Waals surface area contributed by atoms with Gasteiger partial charge in [-0.25, -0.2) is 33.4 Å². The molecule has 0 radical (unpaired) electrons.